The molecule has 6 heteroatoms. The summed E-state index contributed by atoms with van der Waals surface area (Å²) in [6.07, 6.45) is 2.20. The van der Waals surface area contributed by atoms with E-state index in [9.17, 15) is 9.59 Å². The maximum atomic E-state index is 12.9. The minimum Gasteiger partial charge on any atom is -0.339 e. The van der Waals surface area contributed by atoms with Crippen LogP contribution < -0.4 is 11.1 Å². The molecule has 1 heterocycles. The molecule has 1 saturated heterocycles. The Hall–Kier alpha value is -2.37. The number of hydrogen-bond donors (Lipinski definition) is 2. The van der Waals surface area contributed by atoms with E-state index >= 15 is 0 Å². The number of nitrogens with zero attached hydrogens (tertiary/aromatic N) is 1. The van der Waals surface area contributed by atoms with Gasteiger partial charge in [0.15, 0.2) is 0 Å². The maximum absolute atomic E-state index is 12.9. The number of amides is 2. The first kappa shape index (κ1) is 21.9. The fourth-order valence-corrected chi connectivity index (χ4v) is 3.38. The topological polar surface area (TPSA) is 75.4 Å². The number of carbonyl (C=O) groups is 2. The van der Waals surface area contributed by atoms with Crippen molar-refractivity contribution in [1.82, 2.24) is 4.90 Å². The van der Waals surface area contributed by atoms with Crippen LogP contribution in [0.1, 0.15) is 48.1 Å². The van der Waals surface area contributed by atoms with Crippen molar-refractivity contribution in [1.29, 1.82) is 0 Å². The Balaban J connectivity index is 0.00000280. The molecule has 0 saturated carbocycles. The summed E-state index contributed by atoms with van der Waals surface area (Å²) in [4.78, 5) is 27.3. The first-order valence-corrected chi connectivity index (χ1v) is 9.53. The lowest BCUT2D eigenvalue weighted by molar-refractivity contribution is -0.116. The van der Waals surface area contributed by atoms with E-state index in [0.717, 1.165) is 31.5 Å². The molecule has 2 aromatic carbocycles. The molecule has 0 aliphatic carbocycles. The predicted molar refractivity (Wildman–Crippen MR) is 115 cm³/mol. The molecule has 5 nitrogen and oxygen atoms in total. The number of rotatable bonds is 5. The van der Waals surface area contributed by atoms with Crippen molar-refractivity contribution in [2.24, 2.45) is 11.7 Å². The number of piperidine rings is 1. The van der Waals surface area contributed by atoms with Gasteiger partial charge in [0, 0.05) is 25.6 Å². The lowest BCUT2D eigenvalue weighted by Crippen LogP contribution is -2.38. The molecule has 2 aromatic rings. The van der Waals surface area contributed by atoms with Gasteiger partial charge in [-0.2, -0.15) is 0 Å². The second-order valence-electron chi connectivity index (χ2n) is 7.29. The highest BCUT2D eigenvalue weighted by Crippen LogP contribution is 2.23. The van der Waals surface area contributed by atoms with Crippen LogP contribution >= 0.6 is 12.4 Å². The van der Waals surface area contributed by atoms with E-state index in [-0.39, 0.29) is 36.7 Å². The van der Waals surface area contributed by atoms with E-state index in [0.29, 0.717) is 17.2 Å². The summed E-state index contributed by atoms with van der Waals surface area (Å²) in [7, 11) is 0. The average molecular weight is 402 g/mol. The molecular weight excluding hydrogens is 374 g/mol. The van der Waals surface area contributed by atoms with Gasteiger partial charge in [-0.3, -0.25) is 9.59 Å². The zero-order valence-corrected chi connectivity index (χ0v) is 17.0. The van der Waals surface area contributed by atoms with Crippen molar-refractivity contribution in [2.45, 2.75) is 32.2 Å². The summed E-state index contributed by atoms with van der Waals surface area (Å²) >= 11 is 0. The van der Waals surface area contributed by atoms with Gasteiger partial charge in [0.1, 0.15) is 0 Å². The number of benzene rings is 2. The standard InChI is InChI=1S/C22H27N3O2.ClH/c1-16-11-13-25(14-12-16)22(27)18-9-5-6-10-20(18)24-21(26)15-19(23)17-7-3-2-4-8-17;/h2-10,16,19H,11-15,23H2,1H3,(H,24,26);1H. The van der Waals surface area contributed by atoms with Crippen molar-refractivity contribution < 1.29 is 9.59 Å². The molecule has 1 aliphatic heterocycles. The Morgan fingerprint density at radius 3 is 2.36 bits per heavy atom. The molecule has 1 atom stereocenters. The SMILES string of the molecule is CC1CCN(C(=O)c2ccccc2NC(=O)CC(N)c2ccccc2)CC1.Cl. The molecule has 150 valence electrons. The number of likely N-dealkylation sites (tertiary alicyclic amines) is 1. The lowest BCUT2D eigenvalue weighted by atomic mass is 9.98. The summed E-state index contributed by atoms with van der Waals surface area (Å²) in [6.45, 7) is 3.74. The summed E-state index contributed by atoms with van der Waals surface area (Å²) in [5, 5.41) is 2.87. The summed E-state index contributed by atoms with van der Waals surface area (Å²) < 4.78 is 0. The van der Waals surface area contributed by atoms with Crippen molar-refractivity contribution in [3.05, 3.63) is 65.7 Å². The third kappa shape index (κ3) is 5.57. The molecule has 0 bridgehead atoms. The summed E-state index contributed by atoms with van der Waals surface area (Å²) in [5.41, 5.74) is 8.14. The molecular formula is C22H28ClN3O2. The Morgan fingerprint density at radius 2 is 1.68 bits per heavy atom. The molecule has 3 N–H and O–H groups in total. The van der Waals surface area contributed by atoms with Crippen molar-refractivity contribution in [2.75, 3.05) is 18.4 Å². The number of hydrogen-bond acceptors (Lipinski definition) is 3. The molecule has 1 unspecified atom stereocenters. The Labute approximate surface area is 172 Å². The Morgan fingerprint density at radius 1 is 1.07 bits per heavy atom. The largest absolute Gasteiger partial charge is 0.339 e. The Kier molecular flexibility index (Phi) is 8.03. The average Bonchev–Trinajstić information content (AvgIpc) is 2.69. The number of nitrogens with two attached hydrogens (primary N) is 1. The van der Waals surface area contributed by atoms with Crippen LogP contribution in [0.25, 0.3) is 0 Å². The van der Waals surface area contributed by atoms with Gasteiger partial charge in [0.2, 0.25) is 5.91 Å². The monoisotopic (exact) mass is 401 g/mol. The number of nitrogens with one attached hydrogen (secondary N) is 1. The van der Waals surface area contributed by atoms with Gasteiger partial charge < -0.3 is 16.0 Å². The van der Waals surface area contributed by atoms with E-state index in [1.54, 1.807) is 12.1 Å². The molecule has 3 rings (SSSR count). The van der Waals surface area contributed by atoms with Crippen LogP contribution in [-0.2, 0) is 4.79 Å². The first-order valence-electron chi connectivity index (χ1n) is 9.53. The highest BCUT2D eigenvalue weighted by molar-refractivity contribution is 6.03. The van der Waals surface area contributed by atoms with Crippen LogP contribution in [0.3, 0.4) is 0 Å². The molecule has 28 heavy (non-hydrogen) atoms. The number of para-hydroxylation sites is 1. The summed E-state index contributed by atoms with van der Waals surface area (Å²) in [5.74, 6) is 0.437. The third-order valence-electron chi connectivity index (χ3n) is 5.14. The minimum absolute atomic E-state index is 0. The number of anilines is 1. The van der Waals surface area contributed by atoms with Gasteiger partial charge in [-0.15, -0.1) is 12.4 Å². The molecule has 0 radical (unpaired) electrons. The third-order valence-corrected chi connectivity index (χ3v) is 5.14. The van der Waals surface area contributed by atoms with Crippen LogP contribution in [0.5, 0.6) is 0 Å². The molecule has 2 amide bonds. The highest BCUT2D eigenvalue weighted by atomic mass is 35.5. The first-order chi connectivity index (χ1) is 13.0. The van der Waals surface area contributed by atoms with Crippen molar-refractivity contribution in [3.8, 4) is 0 Å². The van der Waals surface area contributed by atoms with Gasteiger partial charge in [-0.25, -0.2) is 0 Å². The zero-order valence-electron chi connectivity index (χ0n) is 16.1. The smallest absolute Gasteiger partial charge is 0.255 e. The van der Waals surface area contributed by atoms with Crippen LogP contribution in [0.2, 0.25) is 0 Å². The zero-order chi connectivity index (χ0) is 19.2. The van der Waals surface area contributed by atoms with E-state index < -0.39 is 0 Å². The lowest BCUT2D eigenvalue weighted by Gasteiger charge is -2.30. The van der Waals surface area contributed by atoms with Crippen LogP contribution in [-0.4, -0.2) is 29.8 Å². The second kappa shape index (κ2) is 10.2. The van der Waals surface area contributed by atoms with E-state index in [2.05, 4.69) is 12.2 Å². The fraction of sp³-hybridized carbons (Fsp3) is 0.364. The van der Waals surface area contributed by atoms with Crippen LogP contribution in [0, 0.1) is 5.92 Å². The fourth-order valence-electron chi connectivity index (χ4n) is 3.38. The van der Waals surface area contributed by atoms with E-state index in [4.69, 9.17) is 5.73 Å². The minimum atomic E-state index is -0.377. The molecule has 1 fully saturated rings. The van der Waals surface area contributed by atoms with Gasteiger partial charge in [-0.1, -0.05) is 49.4 Å². The quantitative estimate of drug-likeness (QED) is 0.794. The number of halogens is 1. The summed E-state index contributed by atoms with van der Waals surface area (Å²) in [6, 6.07) is 16.4. The number of carbonyl (C=O) groups excluding carboxylic acids is 2. The molecule has 1 aliphatic rings. The van der Waals surface area contributed by atoms with Crippen LogP contribution in [0.4, 0.5) is 5.69 Å². The van der Waals surface area contributed by atoms with Gasteiger partial charge in [-0.05, 0) is 36.5 Å². The maximum Gasteiger partial charge on any atom is 0.255 e. The van der Waals surface area contributed by atoms with E-state index in [1.165, 1.54) is 0 Å². The van der Waals surface area contributed by atoms with Crippen molar-refractivity contribution >= 4 is 29.9 Å². The van der Waals surface area contributed by atoms with Crippen LogP contribution in [0.15, 0.2) is 54.6 Å². The van der Waals surface area contributed by atoms with Gasteiger partial charge in [0.05, 0.1) is 11.3 Å². The highest BCUT2D eigenvalue weighted by Gasteiger charge is 2.23. The molecule has 0 aromatic heterocycles. The molecule has 0 spiro atoms. The van der Waals surface area contributed by atoms with Gasteiger partial charge in [0.25, 0.3) is 5.91 Å². The Bertz CT molecular complexity index is 789. The second-order valence-corrected chi connectivity index (χ2v) is 7.29. The van der Waals surface area contributed by atoms with Gasteiger partial charge >= 0.3 is 0 Å². The van der Waals surface area contributed by atoms with E-state index in [1.807, 2.05) is 47.4 Å². The predicted octanol–water partition coefficient (Wildman–Crippen LogP) is 4.01. The normalized spacial score (nSPS) is 15.4. The van der Waals surface area contributed by atoms with Crippen molar-refractivity contribution in [3.63, 3.8) is 0 Å².